The largest absolute Gasteiger partial charge is 0.498 e. The summed E-state index contributed by atoms with van der Waals surface area (Å²) in [6.45, 7) is 24.5. The molecule has 8 nitrogen and oxygen atoms in total. The van der Waals surface area contributed by atoms with E-state index in [1.54, 1.807) is 0 Å². The maximum absolute atomic E-state index is 6.28. The van der Waals surface area contributed by atoms with E-state index in [4.69, 9.17) is 48.4 Å². The molecule has 0 N–H and O–H groups in total. The van der Waals surface area contributed by atoms with Crippen molar-refractivity contribution in [2.24, 2.45) is 0 Å². The molecule has 3 saturated heterocycles. The molecular formula is C50H54B3ClO8. The van der Waals surface area contributed by atoms with Gasteiger partial charge in [0, 0.05) is 27.0 Å². The molecule has 11 rings (SSSR count). The Kier molecular flexibility index (Phi) is 10.3. The van der Waals surface area contributed by atoms with Gasteiger partial charge < -0.3 is 36.8 Å². The molecule has 8 aromatic rings. The number of benzene rings is 6. The summed E-state index contributed by atoms with van der Waals surface area (Å²) in [7, 11) is -1.39. The molecule has 0 aliphatic carbocycles. The SMILES string of the molecule is CC1(C)OB(B2OC(C)(C)C(C)(C)O2)OC1(C)C.CC1(C)OB(c2cccc3c2oc2ccc4ccccc4c23)OC1(C)C.Clc1cccc2c1oc1ccc3ccccc3c12. The molecule has 0 radical (unpaired) electrons. The predicted molar refractivity (Wildman–Crippen MR) is 255 cm³/mol. The normalized spacial score (nSPS) is 20.6. The molecule has 0 atom stereocenters. The van der Waals surface area contributed by atoms with Crippen LogP contribution in [0.2, 0.25) is 5.02 Å². The number of fused-ring (bicyclic) bond motifs is 10. The topological polar surface area (TPSA) is 81.7 Å². The van der Waals surface area contributed by atoms with Gasteiger partial charge in [0.1, 0.15) is 16.7 Å². The number of hydrogen-bond acceptors (Lipinski definition) is 8. The van der Waals surface area contributed by atoms with Gasteiger partial charge in [-0.3, -0.25) is 0 Å². The minimum absolute atomic E-state index is 0.360. The van der Waals surface area contributed by atoms with Crippen molar-refractivity contribution in [1.29, 1.82) is 0 Å². The zero-order chi connectivity index (χ0) is 44.2. The van der Waals surface area contributed by atoms with Gasteiger partial charge in [0.25, 0.3) is 0 Å². The molecule has 62 heavy (non-hydrogen) atoms. The van der Waals surface area contributed by atoms with E-state index in [2.05, 4.69) is 94.4 Å². The Morgan fingerprint density at radius 2 is 0.742 bits per heavy atom. The molecule has 318 valence electrons. The van der Waals surface area contributed by atoms with Crippen LogP contribution in [0.1, 0.15) is 83.1 Å². The third-order valence-electron chi connectivity index (χ3n) is 14.0. The molecule has 0 bridgehead atoms. The average molecular weight is 851 g/mol. The molecule has 3 aliphatic rings. The minimum Gasteiger partial charge on any atom is -0.456 e. The summed E-state index contributed by atoms with van der Waals surface area (Å²) < 4.78 is 48.5. The van der Waals surface area contributed by atoms with Gasteiger partial charge in [0.15, 0.2) is 5.58 Å². The highest BCUT2D eigenvalue weighted by atomic mass is 35.5. The van der Waals surface area contributed by atoms with E-state index in [1.807, 2.05) is 97.9 Å². The number of para-hydroxylation sites is 2. The van der Waals surface area contributed by atoms with Gasteiger partial charge in [-0.05, 0) is 123 Å². The zero-order valence-corrected chi connectivity index (χ0v) is 38.5. The molecular weight excluding hydrogens is 796 g/mol. The standard InChI is InChI=1S/C22H21BO3.C16H9ClO.C12H24B2O4/c1-21(2)22(3,4)26-23(25-21)17-11-7-10-16-19-15-9-6-5-8-14(15)12-13-18(19)24-20(16)17;17-13-7-3-6-12-15-11-5-2-1-4-10(11)8-9-14(15)18-16(12)13;1-9(2)10(3,4)16-13(15-9)14-17-11(5,6)12(7,8)18-14/h5-13H,1-4H3;1-9H;1-8H3. The first-order chi connectivity index (χ1) is 29.1. The molecule has 0 spiro atoms. The van der Waals surface area contributed by atoms with Crippen LogP contribution in [-0.4, -0.2) is 54.7 Å². The summed E-state index contributed by atoms with van der Waals surface area (Å²) in [5.74, 6) is 0. The Hall–Kier alpha value is -4.32. The lowest BCUT2D eigenvalue weighted by Gasteiger charge is -2.32. The first kappa shape index (κ1) is 43.0. The maximum atomic E-state index is 6.28. The lowest BCUT2D eigenvalue weighted by atomic mass is 9.49. The molecule has 2 aromatic heterocycles. The Morgan fingerprint density at radius 3 is 1.21 bits per heavy atom. The molecule has 0 unspecified atom stereocenters. The Balaban J connectivity index is 0.000000122. The summed E-state index contributed by atoms with van der Waals surface area (Å²) >= 11 is 6.19. The second-order valence-corrected chi connectivity index (χ2v) is 20.1. The molecule has 3 fully saturated rings. The van der Waals surface area contributed by atoms with Crippen LogP contribution in [0.5, 0.6) is 0 Å². The van der Waals surface area contributed by atoms with Gasteiger partial charge in [-0.2, -0.15) is 0 Å². The van der Waals surface area contributed by atoms with E-state index >= 15 is 0 Å². The highest BCUT2D eigenvalue weighted by Crippen LogP contribution is 2.44. The van der Waals surface area contributed by atoms with Crippen molar-refractivity contribution in [1.82, 2.24) is 0 Å². The Morgan fingerprint density at radius 1 is 0.371 bits per heavy atom. The van der Waals surface area contributed by atoms with E-state index in [1.165, 1.54) is 21.5 Å². The fourth-order valence-electron chi connectivity index (χ4n) is 8.28. The lowest BCUT2D eigenvalue weighted by Crippen LogP contribution is -2.41. The lowest BCUT2D eigenvalue weighted by molar-refractivity contribution is 0.00578. The monoisotopic (exact) mass is 850 g/mol. The summed E-state index contributed by atoms with van der Waals surface area (Å²) in [6.07, 6.45) is 0. The van der Waals surface area contributed by atoms with Gasteiger partial charge in [-0.25, -0.2) is 0 Å². The van der Waals surface area contributed by atoms with Crippen molar-refractivity contribution in [3.63, 3.8) is 0 Å². The van der Waals surface area contributed by atoms with E-state index in [-0.39, 0.29) is 33.6 Å². The van der Waals surface area contributed by atoms with E-state index < -0.39 is 21.1 Å². The van der Waals surface area contributed by atoms with Crippen LogP contribution < -0.4 is 5.46 Å². The van der Waals surface area contributed by atoms with Crippen LogP contribution in [-0.2, 0) is 27.9 Å². The zero-order valence-electron chi connectivity index (χ0n) is 37.8. The molecule has 0 saturated carbocycles. The Bertz CT molecular complexity index is 2920. The molecule has 6 aromatic carbocycles. The van der Waals surface area contributed by atoms with Gasteiger partial charge in [-0.1, -0.05) is 103 Å². The van der Waals surface area contributed by atoms with Gasteiger partial charge in [0.05, 0.1) is 38.6 Å². The number of rotatable bonds is 2. The summed E-state index contributed by atoms with van der Waals surface area (Å²) in [6, 6.07) is 37.0. The quantitative estimate of drug-likeness (QED) is 0.159. The van der Waals surface area contributed by atoms with Crippen molar-refractivity contribution in [3.05, 3.63) is 114 Å². The highest BCUT2D eigenvalue weighted by Gasteiger charge is 2.63. The van der Waals surface area contributed by atoms with E-state index in [0.717, 1.165) is 49.3 Å². The van der Waals surface area contributed by atoms with Gasteiger partial charge >= 0.3 is 21.1 Å². The first-order valence-corrected chi connectivity index (χ1v) is 21.9. The van der Waals surface area contributed by atoms with Crippen LogP contribution in [0, 0.1) is 0 Å². The van der Waals surface area contributed by atoms with Crippen molar-refractivity contribution in [3.8, 4) is 0 Å². The molecule has 3 aliphatic heterocycles. The third-order valence-corrected chi connectivity index (χ3v) is 14.3. The fourth-order valence-corrected chi connectivity index (χ4v) is 8.49. The van der Waals surface area contributed by atoms with Crippen LogP contribution in [0.4, 0.5) is 0 Å². The van der Waals surface area contributed by atoms with Gasteiger partial charge in [0.2, 0.25) is 0 Å². The summed E-state index contributed by atoms with van der Waals surface area (Å²) in [5, 5.41) is 9.97. The molecule has 12 heteroatoms. The van der Waals surface area contributed by atoms with E-state index in [0.29, 0.717) is 5.02 Å². The first-order valence-electron chi connectivity index (χ1n) is 21.5. The Labute approximate surface area is 369 Å². The summed E-state index contributed by atoms with van der Waals surface area (Å²) in [4.78, 5) is 0. The van der Waals surface area contributed by atoms with Crippen LogP contribution in [0.25, 0.3) is 65.4 Å². The average Bonchev–Trinajstić information content (AvgIpc) is 3.95. The number of hydrogen-bond donors (Lipinski definition) is 0. The van der Waals surface area contributed by atoms with Crippen molar-refractivity contribution >= 4 is 104 Å². The van der Waals surface area contributed by atoms with Crippen molar-refractivity contribution in [2.45, 2.75) is 117 Å². The van der Waals surface area contributed by atoms with E-state index in [9.17, 15) is 0 Å². The highest BCUT2D eigenvalue weighted by molar-refractivity contribution is 7.11. The van der Waals surface area contributed by atoms with Crippen molar-refractivity contribution in [2.75, 3.05) is 0 Å². The summed E-state index contributed by atoms with van der Waals surface area (Å²) in [5.41, 5.74) is 2.14. The smallest absolute Gasteiger partial charge is 0.456 e. The molecule has 0 amide bonds. The predicted octanol–water partition coefficient (Wildman–Crippen LogP) is 12.7. The molecule has 5 heterocycles. The fraction of sp³-hybridized carbons (Fsp3) is 0.360. The third kappa shape index (κ3) is 7.14. The minimum atomic E-state index is -0.476. The number of halogens is 1. The maximum Gasteiger partial charge on any atom is 0.498 e. The van der Waals surface area contributed by atoms with Crippen molar-refractivity contribution < 1.29 is 36.8 Å². The van der Waals surface area contributed by atoms with Crippen LogP contribution in [0.15, 0.2) is 118 Å². The van der Waals surface area contributed by atoms with Crippen LogP contribution >= 0.6 is 11.6 Å². The number of furan rings is 2. The second-order valence-electron chi connectivity index (χ2n) is 19.7. The second kappa shape index (κ2) is 14.9. The van der Waals surface area contributed by atoms with Crippen LogP contribution in [0.3, 0.4) is 0 Å². The van der Waals surface area contributed by atoms with Gasteiger partial charge in [-0.15, -0.1) is 0 Å².